The predicted molar refractivity (Wildman–Crippen MR) is 114 cm³/mol. The fourth-order valence-electron chi connectivity index (χ4n) is 4.73. The summed E-state index contributed by atoms with van der Waals surface area (Å²) in [5, 5.41) is 4.77. The maximum atomic E-state index is 13.0. The lowest BCUT2D eigenvalue weighted by Gasteiger charge is -2.31. The minimum absolute atomic E-state index is 0. The van der Waals surface area contributed by atoms with E-state index in [4.69, 9.17) is 10.8 Å². The molecule has 6 heteroatoms. The summed E-state index contributed by atoms with van der Waals surface area (Å²) in [4.78, 5) is 15.0. The maximum Gasteiger partial charge on any atom is 0.239 e. The average Bonchev–Trinajstić information content (AvgIpc) is 2.89. The van der Waals surface area contributed by atoms with Gasteiger partial charge in [0.05, 0.1) is 11.7 Å². The second-order valence-corrected chi connectivity index (χ2v) is 8.01. The molecule has 1 atom stereocenters. The molecule has 0 saturated heterocycles. The summed E-state index contributed by atoms with van der Waals surface area (Å²) in [5.74, 6) is 0.502. The van der Waals surface area contributed by atoms with Gasteiger partial charge in [0.2, 0.25) is 5.91 Å². The van der Waals surface area contributed by atoms with Crippen molar-refractivity contribution in [3.8, 4) is 11.3 Å². The zero-order valence-corrected chi connectivity index (χ0v) is 17.5. The van der Waals surface area contributed by atoms with Crippen LogP contribution in [0.2, 0.25) is 0 Å². The smallest absolute Gasteiger partial charge is 0.239 e. The lowest BCUT2D eigenvalue weighted by atomic mass is 9.83. The first-order valence-corrected chi connectivity index (χ1v) is 10.3. The van der Waals surface area contributed by atoms with Gasteiger partial charge in [0.25, 0.3) is 0 Å². The van der Waals surface area contributed by atoms with E-state index in [1.165, 1.54) is 30.5 Å². The highest BCUT2D eigenvalue weighted by atomic mass is 35.5. The number of hydrogen-bond acceptors (Lipinski definition) is 3. The van der Waals surface area contributed by atoms with Crippen molar-refractivity contribution in [2.75, 3.05) is 13.1 Å². The Morgan fingerprint density at radius 3 is 2.50 bits per heavy atom. The fourth-order valence-corrected chi connectivity index (χ4v) is 4.73. The van der Waals surface area contributed by atoms with E-state index in [-0.39, 0.29) is 24.4 Å². The van der Waals surface area contributed by atoms with Crippen molar-refractivity contribution in [2.45, 2.75) is 51.0 Å². The second-order valence-electron chi connectivity index (χ2n) is 8.01. The van der Waals surface area contributed by atoms with Crippen molar-refractivity contribution in [1.82, 2.24) is 14.7 Å². The zero-order valence-electron chi connectivity index (χ0n) is 16.6. The summed E-state index contributed by atoms with van der Waals surface area (Å²) in [6.07, 6.45) is 7.59. The first kappa shape index (κ1) is 20.9. The number of aryl methyl sites for hydroxylation is 1. The van der Waals surface area contributed by atoms with E-state index < -0.39 is 0 Å². The van der Waals surface area contributed by atoms with Crippen LogP contribution < -0.4 is 5.73 Å². The molecule has 0 bridgehead atoms. The molecule has 1 amide bonds. The Balaban J connectivity index is 0.00000225. The van der Waals surface area contributed by atoms with E-state index in [0.717, 1.165) is 50.0 Å². The molecular weight excluding hydrogens is 372 g/mol. The Kier molecular flexibility index (Phi) is 6.78. The third-order valence-electron chi connectivity index (χ3n) is 6.33. The highest BCUT2D eigenvalue weighted by molar-refractivity contribution is 5.85. The minimum Gasteiger partial charge on any atom is -0.341 e. The van der Waals surface area contributed by atoms with E-state index in [1.54, 1.807) is 0 Å². The molecular formula is C22H31ClN4O. The number of nitrogens with zero attached hydrogens (tertiary/aromatic N) is 3. The number of hydrogen-bond donors (Lipinski definition) is 1. The molecule has 4 rings (SSSR count). The van der Waals surface area contributed by atoms with Gasteiger partial charge in [-0.2, -0.15) is 5.10 Å². The standard InChI is InChI=1S/C22H30N4O.ClH/c1-25-19-13-15-26(22(27)20(23)16-8-4-2-5-9-16)14-12-18(19)21(24-25)17-10-6-3-7-11-17;/h3,6-7,10-11,16,20H,2,4-5,8-9,12-15,23H2,1H3;1H/t20-;/m0./s1. The van der Waals surface area contributed by atoms with Crippen LogP contribution in [0.1, 0.15) is 43.4 Å². The summed E-state index contributed by atoms with van der Waals surface area (Å²) in [7, 11) is 2.01. The molecule has 28 heavy (non-hydrogen) atoms. The molecule has 1 aromatic heterocycles. The van der Waals surface area contributed by atoms with Crippen LogP contribution in [0.5, 0.6) is 0 Å². The normalized spacial score (nSPS) is 18.7. The molecule has 1 fully saturated rings. The highest BCUT2D eigenvalue weighted by Crippen LogP contribution is 2.29. The van der Waals surface area contributed by atoms with Crippen LogP contribution >= 0.6 is 12.4 Å². The largest absolute Gasteiger partial charge is 0.341 e. The van der Waals surface area contributed by atoms with E-state index in [1.807, 2.05) is 34.8 Å². The number of halogens is 1. The summed E-state index contributed by atoms with van der Waals surface area (Å²) in [6.45, 7) is 1.47. The van der Waals surface area contributed by atoms with Crippen LogP contribution in [0.25, 0.3) is 11.3 Å². The molecule has 5 nitrogen and oxygen atoms in total. The van der Waals surface area contributed by atoms with Gasteiger partial charge < -0.3 is 10.6 Å². The summed E-state index contributed by atoms with van der Waals surface area (Å²) in [6, 6.07) is 10.00. The predicted octanol–water partition coefficient (Wildman–Crippen LogP) is 3.34. The average molecular weight is 403 g/mol. The van der Waals surface area contributed by atoms with Gasteiger partial charge in [0.1, 0.15) is 0 Å². The molecule has 2 aliphatic rings. The number of carbonyl (C=O) groups is 1. The molecule has 2 aromatic rings. The Bertz CT molecular complexity index is 798. The quantitative estimate of drug-likeness (QED) is 0.856. The molecule has 2 N–H and O–H groups in total. The van der Waals surface area contributed by atoms with Crippen molar-refractivity contribution in [3.63, 3.8) is 0 Å². The van der Waals surface area contributed by atoms with Crippen LogP contribution in [0.3, 0.4) is 0 Å². The SMILES string of the molecule is Cl.Cn1nc(-c2ccccc2)c2c1CCN(C(=O)[C@@H](N)C1CCCCC1)CC2. The third-order valence-corrected chi connectivity index (χ3v) is 6.33. The molecule has 0 unspecified atom stereocenters. The first-order valence-electron chi connectivity index (χ1n) is 10.3. The van der Waals surface area contributed by atoms with Crippen LogP contribution in [0, 0.1) is 5.92 Å². The van der Waals surface area contributed by atoms with E-state index in [2.05, 4.69) is 12.1 Å². The lowest BCUT2D eigenvalue weighted by Crippen LogP contribution is -2.49. The molecule has 2 heterocycles. The molecule has 1 aliphatic carbocycles. The number of fused-ring (bicyclic) bond motifs is 1. The number of nitrogens with two attached hydrogens (primary N) is 1. The Hall–Kier alpha value is -1.85. The maximum absolute atomic E-state index is 13.0. The number of benzene rings is 1. The molecule has 0 spiro atoms. The highest BCUT2D eigenvalue weighted by Gasteiger charge is 2.31. The van der Waals surface area contributed by atoms with Crippen molar-refractivity contribution in [3.05, 3.63) is 41.6 Å². The molecule has 0 radical (unpaired) electrons. The number of carbonyl (C=O) groups excluding carboxylic acids is 1. The minimum atomic E-state index is -0.335. The number of amides is 1. The van der Waals surface area contributed by atoms with Gasteiger partial charge in [-0.15, -0.1) is 12.4 Å². The van der Waals surface area contributed by atoms with Crippen LogP contribution in [0.4, 0.5) is 0 Å². The van der Waals surface area contributed by atoms with Gasteiger partial charge in [0.15, 0.2) is 0 Å². The van der Waals surface area contributed by atoms with Crippen LogP contribution in [-0.2, 0) is 24.7 Å². The molecule has 1 aliphatic heterocycles. The van der Waals surface area contributed by atoms with Gasteiger partial charge >= 0.3 is 0 Å². The monoisotopic (exact) mass is 402 g/mol. The summed E-state index contributed by atoms with van der Waals surface area (Å²) < 4.78 is 1.99. The van der Waals surface area contributed by atoms with Gasteiger partial charge in [-0.25, -0.2) is 0 Å². The van der Waals surface area contributed by atoms with E-state index in [9.17, 15) is 4.79 Å². The lowest BCUT2D eigenvalue weighted by molar-refractivity contribution is -0.134. The zero-order chi connectivity index (χ0) is 18.8. The summed E-state index contributed by atoms with van der Waals surface area (Å²) in [5.41, 5.74) is 11.1. The fraction of sp³-hybridized carbons (Fsp3) is 0.545. The molecule has 1 aromatic carbocycles. The van der Waals surface area contributed by atoms with Gasteiger partial charge in [-0.05, 0) is 25.2 Å². The molecule has 1 saturated carbocycles. The second kappa shape index (κ2) is 9.10. The van der Waals surface area contributed by atoms with Crippen molar-refractivity contribution < 1.29 is 4.79 Å². The number of aromatic nitrogens is 2. The van der Waals surface area contributed by atoms with Gasteiger partial charge in [-0.1, -0.05) is 49.6 Å². The first-order chi connectivity index (χ1) is 13.1. The van der Waals surface area contributed by atoms with Crippen LogP contribution in [0.15, 0.2) is 30.3 Å². The van der Waals surface area contributed by atoms with E-state index in [0.29, 0.717) is 5.92 Å². The Morgan fingerprint density at radius 2 is 1.79 bits per heavy atom. The summed E-state index contributed by atoms with van der Waals surface area (Å²) >= 11 is 0. The third kappa shape index (κ3) is 4.11. The van der Waals surface area contributed by atoms with Gasteiger partial charge in [-0.3, -0.25) is 9.48 Å². The van der Waals surface area contributed by atoms with Crippen molar-refractivity contribution >= 4 is 18.3 Å². The number of rotatable bonds is 3. The van der Waals surface area contributed by atoms with E-state index >= 15 is 0 Å². The van der Waals surface area contributed by atoms with Crippen molar-refractivity contribution in [1.29, 1.82) is 0 Å². The molecule has 152 valence electrons. The van der Waals surface area contributed by atoms with Crippen LogP contribution in [-0.4, -0.2) is 39.7 Å². The Morgan fingerprint density at radius 1 is 1.11 bits per heavy atom. The Labute approximate surface area is 173 Å². The topological polar surface area (TPSA) is 64.2 Å². The van der Waals surface area contributed by atoms with Gasteiger partial charge in [0, 0.05) is 43.4 Å². The van der Waals surface area contributed by atoms with Crippen molar-refractivity contribution in [2.24, 2.45) is 18.7 Å².